The van der Waals surface area contributed by atoms with Crippen LogP contribution in [0.4, 0.5) is 0 Å². The largest absolute Gasteiger partial charge is 0.507 e. The Bertz CT molecular complexity index is 984. The highest BCUT2D eigenvalue weighted by Gasteiger charge is 2.05. The Hall–Kier alpha value is -3.12. The molecule has 0 aliphatic heterocycles. The molecule has 142 valence electrons. The smallest absolute Gasteiger partial charge is 0.271 e. The maximum atomic E-state index is 12.2. The summed E-state index contributed by atoms with van der Waals surface area (Å²) >= 11 is 3.32. The SMILES string of the molecule is Cc1ccc(COc2ccc(C(=O)NN=Cc3cc(Br)ccc3O)cc2)cc1. The highest BCUT2D eigenvalue weighted by atomic mass is 79.9. The number of ether oxygens (including phenoxy) is 1. The minimum atomic E-state index is -0.351. The van der Waals surface area contributed by atoms with Crippen molar-refractivity contribution >= 4 is 28.1 Å². The van der Waals surface area contributed by atoms with Gasteiger partial charge < -0.3 is 9.84 Å². The summed E-state index contributed by atoms with van der Waals surface area (Å²) in [5, 5.41) is 13.6. The molecule has 3 aromatic rings. The molecule has 0 heterocycles. The van der Waals surface area contributed by atoms with Gasteiger partial charge >= 0.3 is 0 Å². The molecular weight excluding hydrogens is 420 g/mol. The van der Waals surface area contributed by atoms with Gasteiger partial charge in [-0.3, -0.25) is 4.79 Å². The molecule has 3 rings (SSSR count). The predicted octanol–water partition coefficient (Wildman–Crippen LogP) is 4.81. The standard InChI is InChI=1S/C22H19BrN2O3/c1-15-2-4-16(5-3-15)14-28-20-9-6-17(7-10-20)22(27)25-24-13-18-12-19(23)8-11-21(18)26/h2-13,26H,14H2,1H3,(H,25,27). The molecular formula is C22H19BrN2O3. The second-order valence-corrected chi connectivity index (χ2v) is 7.12. The molecule has 3 aromatic carbocycles. The Labute approximate surface area is 171 Å². The molecule has 6 heteroatoms. The van der Waals surface area contributed by atoms with Crippen LogP contribution in [0.3, 0.4) is 0 Å². The van der Waals surface area contributed by atoms with E-state index >= 15 is 0 Å². The summed E-state index contributed by atoms with van der Waals surface area (Å²) in [6.45, 7) is 2.51. The van der Waals surface area contributed by atoms with E-state index in [1.165, 1.54) is 11.8 Å². The van der Waals surface area contributed by atoms with Gasteiger partial charge in [-0.1, -0.05) is 45.8 Å². The molecule has 0 bridgehead atoms. The number of carbonyl (C=O) groups excluding carboxylic acids is 1. The number of nitrogens with zero attached hydrogens (tertiary/aromatic N) is 1. The van der Waals surface area contributed by atoms with Gasteiger partial charge in [0.2, 0.25) is 0 Å². The third-order valence-corrected chi connectivity index (χ3v) is 4.50. The number of hydrogen-bond acceptors (Lipinski definition) is 4. The highest BCUT2D eigenvalue weighted by Crippen LogP contribution is 2.20. The summed E-state index contributed by atoms with van der Waals surface area (Å²) in [7, 11) is 0. The van der Waals surface area contributed by atoms with Gasteiger partial charge in [0.15, 0.2) is 0 Å². The summed E-state index contributed by atoms with van der Waals surface area (Å²) in [6.07, 6.45) is 1.39. The van der Waals surface area contributed by atoms with E-state index < -0.39 is 0 Å². The maximum Gasteiger partial charge on any atom is 0.271 e. The molecule has 1 amide bonds. The van der Waals surface area contributed by atoms with Crippen LogP contribution in [0.1, 0.15) is 27.0 Å². The monoisotopic (exact) mass is 438 g/mol. The van der Waals surface area contributed by atoms with Crippen LogP contribution >= 0.6 is 15.9 Å². The van der Waals surface area contributed by atoms with Crippen molar-refractivity contribution in [2.45, 2.75) is 13.5 Å². The Morgan fingerprint density at radius 3 is 2.54 bits per heavy atom. The topological polar surface area (TPSA) is 70.9 Å². The van der Waals surface area contributed by atoms with Gasteiger partial charge in [-0.15, -0.1) is 0 Å². The van der Waals surface area contributed by atoms with E-state index in [1.54, 1.807) is 42.5 Å². The fourth-order valence-electron chi connectivity index (χ4n) is 2.41. The first-order chi connectivity index (χ1) is 13.5. The van der Waals surface area contributed by atoms with Crippen molar-refractivity contribution < 1.29 is 14.6 Å². The molecule has 0 saturated heterocycles. The number of hydrogen-bond donors (Lipinski definition) is 2. The van der Waals surface area contributed by atoms with Crippen LogP contribution in [0.2, 0.25) is 0 Å². The lowest BCUT2D eigenvalue weighted by atomic mass is 10.2. The first-order valence-corrected chi connectivity index (χ1v) is 9.41. The lowest BCUT2D eigenvalue weighted by molar-refractivity contribution is 0.0955. The van der Waals surface area contributed by atoms with Crippen molar-refractivity contribution in [3.8, 4) is 11.5 Å². The lowest BCUT2D eigenvalue weighted by Crippen LogP contribution is -2.17. The van der Waals surface area contributed by atoms with Crippen molar-refractivity contribution in [3.63, 3.8) is 0 Å². The van der Waals surface area contributed by atoms with Gasteiger partial charge in [0.1, 0.15) is 18.1 Å². The molecule has 0 radical (unpaired) electrons. The summed E-state index contributed by atoms with van der Waals surface area (Å²) in [5.41, 5.74) is 5.68. The van der Waals surface area contributed by atoms with Crippen LogP contribution < -0.4 is 10.2 Å². The highest BCUT2D eigenvalue weighted by molar-refractivity contribution is 9.10. The second kappa shape index (κ2) is 9.19. The van der Waals surface area contributed by atoms with E-state index in [9.17, 15) is 9.90 Å². The second-order valence-electron chi connectivity index (χ2n) is 6.20. The molecule has 28 heavy (non-hydrogen) atoms. The average Bonchev–Trinajstić information content (AvgIpc) is 2.70. The average molecular weight is 439 g/mol. The Morgan fingerprint density at radius 1 is 1.11 bits per heavy atom. The third kappa shape index (κ3) is 5.44. The van der Waals surface area contributed by atoms with Crippen LogP contribution in [0.25, 0.3) is 0 Å². The normalized spacial score (nSPS) is 10.8. The maximum absolute atomic E-state index is 12.2. The minimum absolute atomic E-state index is 0.0799. The van der Waals surface area contributed by atoms with Gasteiger partial charge in [-0.2, -0.15) is 5.10 Å². The van der Waals surface area contributed by atoms with Crippen LogP contribution in [-0.2, 0) is 6.61 Å². The zero-order valence-electron chi connectivity index (χ0n) is 15.2. The van der Waals surface area contributed by atoms with Crippen molar-refractivity contribution in [2.24, 2.45) is 5.10 Å². The van der Waals surface area contributed by atoms with Crippen molar-refractivity contribution in [1.29, 1.82) is 0 Å². The predicted molar refractivity (Wildman–Crippen MR) is 113 cm³/mol. The molecule has 0 aliphatic carbocycles. The minimum Gasteiger partial charge on any atom is -0.507 e. The first kappa shape index (κ1) is 19.6. The summed E-state index contributed by atoms with van der Waals surface area (Å²) in [5.74, 6) is 0.409. The molecule has 0 unspecified atom stereocenters. The Kier molecular flexibility index (Phi) is 6.45. The Morgan fingerprint density at radius 2 is 1.82 bits per heavy atom. The third-order valence-electron chi connectivity index (χ3n) is 4.00. The number of carbonyl (C=O) groups is 1. The zero-order valence-corrected chi connectivity index (χ0v) is 16.8. The molecule has 0 aliphatic rings. The van der Waals surface area contributed by atoms with Crippen LogP contribution in [0.5, 0.6) is 11.5 Å². The van der Waals surface area contributed by atoms with Crippen LogP contribution in [0.15, 0.2) is 76.3 Å². The van der Waals surface area contributed by atoms with Gasteiger partial charge in [-0.05, 0) is 55.0 Å². The molecule has 0 saturated carbocycles. The molecule has 0 spiro atoms. The fraction of sp³-hybridized carbons (Fsp3) is 0.0909. The summed E-state index contributed by atoms with van der Waals surface area (Å²) < 4.78 is 6.54. The summed E-state index contributed by atoms with van der Waals surface area (Å²) in [4.78, 5) is 12.2. The molecule has 0 atom stereocenters. The number of nitrogens with one attached hydrogen (secondary N) is 1. The molecule has 5 nitrogen and oxygen atoms in total. The van der Waals surface area contributed by atoms with Gasteiger partial charge in [0.25, 0.3) is 5.91 Å². The van der Waals surface area contributed by atoms with Crippen LogP contribution in [0, 0.1) is 6.92 Å². The van der Waals surface area contributed by atoms with E-state index in [0.717, 1.165) is 10.0 Å². The number of aryl methyl sites for hydroxylation is 1. The number of aromatic hydroxyl groups is 1. The number of benzene rings is 3. The van der Waals surface area contributed by atoms with E-state index in [-0.39, 0.29) is 11.7 Å². The molecule has 0 fully saturated rings. The van der Waals surface area contributed by atoms with Crippen LogP contribution in [-0.4, -0.2) is 17.2 Å². The molecule has 0 aromatic heterocycles. The number of phenolic OH excluding ortho intramolecular Hbond substituents is 1. The Balaban J connectivity index is 1.55. The van der Waals surface area contributed by atoms with E-state index in [1.807, 2.05) is 31.2 Å². The first-order valence-electron chi connectivity index (χ1n) is 8.61. The number of halogens is 1. The van der Waals surface area contributed by atoms with Crippen molar-refractivity contribution in [1.82, 2.24) is 5.43 Å². The fourth-order valence-corrected chi connectivity index (χ4v) is 2.79. The summed E-state index contributed by atoms with van der Waals surface area (Å²) in [6, 6.07) is 19.9. The molecule has 2 N–H and O–H groups in total. The number of amides is 1. The zero-order chi connectivity index (χ0) is 19.9. The number of rotatable bonds is 6. The van der Waals surface area contributed by atoms with Gasteiger partial charge in [0.05, 0.1) is 6.21 Å². The quantitative estimate of drug-likeness (QED) is 0.428. The number of phenols is 1. The van der Waals surface area contributed by atoms with E-state index in [2.05, 4.69) is 26.5 Å². The van der Waals surface area contributed by atoms with Gasteiger partial charge in [-0.25, -0.2) is 5.43 Å². The number of hydrazone groups is 1. The lowest BCUT2D eigenvalue weighted by Gasteiger charge is -2.07. The van der Waals surface area contributed by atoms with Gasteiger partial charge in [0, 0.05) is 15.6 Å². The van der Waals surface area contributed by atoms with Crippen molar-refractivity contribution in [2.75, 3.05) is 0 Å². The van der Waals surface area contributed by atoms with E-state index in [4.69, 9.17) is 4.74 Å². The van der Waals surface area contributed by atoms with Crippen molar-refractivity contribution in [3.05, 3.63) is 93.5 Å². The van der Waals surface area contributed by atoms with E-state index in [0.29, 0.717) is 23.5 Å².